The molecule has 1 saturated heterocycles. The van der Waals surface area contributed by atoms with Crippen LogP contribution in [-0.2, 0) is 20.6 Å². The van der Waals surface area contributed by atoms with E-state index in [1.807, 2.05) is 6.07 Å². The second-order valence-electron chi connectivity index (χ2n) is 12.9. The van der Waals surface area contributed by atoms with Gasteiger partial charge in [0.25, 0.3) is 5.91 Å². The summed E-state index contributed by atoms with van der Waals surface area (Å²) in [5, 5.41) is 8.93. The first-order chi connectivity index (χ1) is 21.8. The second kappa shape index (κ2) is 16.6. The molecule has 1 aromatic carbocycles. The van der Waals surface area contributed by atoms with E-state index in [1.54, 1.807) is 22.8 Å². The monoisotopic (exact) mass is 648 g/mol. The second-order valence-corrected chi connectivity index (χ2v) is 12.9. The fraction of sp³-hybridized carbons (Fsp3) is 0.657. The van der Waals surface area contributed by atoms with Crippen molar-refractivity contribution >= 4 is 23.3 Å². The number of hydrogen-bond donors (Lipinski definition) is 2. The van der Waals surface area contributed by atoms with E-state index in [-0.39, 0.29) is 41.7 Å². The molecule has 0 radical (unpaired) electrons. The summed E-state index contributed by atoms with van der Waals surface area (Å²) in [6.07, 6.45) is 2.87. The van der Waals surface area contributed by atoms with Crippen molar-refractivity contribution in [1.29, 1.82) is 0 Å². The number of benzene rings is 1. The first-order valence-electron chi connectivity index (χ1n) is 16.6. The van der Waals surface area contributed by atoms with Gasteiger partial charge in [0, 0.05) is 37.5 Å². The van der Waals surface area contributed by atoms with Crippen LogP contribution in [0.25, 0.3) is 0 Å². The highest BCUT2D eigenvalue weighted by Gasteiger charge is 2.56. The zero-order valence-corrected chi connectivity index (χ0v) is 28.0. The molecule has 256 valence electrons. The van der Waals surface area contributed by atoms with Crippen LogP contribution in [0.2, 0.25) is 0 Å². The van der Waals surface area contributed by atoms with Crippen molar-refractivity contribution in [3.63, 3.8) is 0 Å². The van der Waals surface area contributed by atoms with Gasteiger partial charge in [0.1, 0.15) is 12.3 Å². The Labute approximate surface area is 271 Å². The normalized spacial score (nSPS) is 23.4. The number of Topliss-reactive ketones (excluding diaryl/α,β-unsaturated/α-hetero) is 1. The predicted octanol–water partition coefficient (Wildman–Crippen LogP) is 5.66. The summed E-state index contributed by atoms with van der Waals surface area (Å²) >= 11 is 0. The molecule has 2 saturated carbocycles. The number of aliphatic hydroxyl groups is 1. The molecule has 0 spiro atoms. The third kappa shape index (κ3) is 9.20. The Balaban J connectivity index is 0.000000260. The van der Waals surface area contributed by atoms with E-state index in [2.05, 4.69) is 25.8 Å². The van der Waals surface area contributed by atoms with E-state index in [4.69, 9.17) is 10.8 Å². The van der Waals surface area contributed by atoms with Crippen molar-refractivity contribution < 1.29 is 32.7 Å². The van der Waals surface area contributed by atoms with Crippen LogP contribution in [0.3, 0.4) is 0 Å². The number of allylic oxidation sites excluding steroid dienone is 1. The number of hydrogen-bond acceptors (Lipinski definition) is 6. The maximum absolute atomic E-state index is 13.0. The lowest BCUT2D eigenvalue weighted by molar-refractivity contribution is -0.139. The standard InChI is InChI=1S/C18H26N4O4.C17H25F3/c1-10(24)8-20-13-7-12-11(2)15(12)16(13)17(19)18(26)22-5-3-21(4-6-22)14(25)9-23;1-4-6-7-10-14(9-5-2)15-11-8-12-16(13(15)3)17(18,19)20/h11-12,15,23H,3-9,19H2,1-2H3;8,11-12,14H,4-7,9-10H2,1-3H3/b17-16+,20-13?;/t11-,12?,15?;/m1./s1. The number of fused-ring (bicyclic) bond motifs is 1. The number of piperazine rings is 1. The van der Waals surface area contributed by atoms with Gasteiger partial charge in [0.05, 0.1) is 12.1 Å². The molecule has 3 fully saturated rings. The molecule has 3 unspecified atom stereocenters. The number of ketones is 1. The van der Waals surface area contributed by atoms with Crippen molar-refractivity contribution in [1.82, 2.24) is 9.80 Å². The molecule has 1 aliphatic heterocycles. The molecule has 1 heterocycles. The SMILES string of the molecule is CC(=O)CN=C1CC2C(/C1=C(/N)C(=O)N1CCN(C(=O)CO)CC1)[C@@H]2C.CCCCCC(CCC)c1cccc(C(F)(F)F)c1C. The van der Waals surface area contributed by atoms with Gasteiger partial charge in [0.2, 0.25) is 5.91 Å². The number of aliphatic imine (C=N–C) groups is 1. The average molecular weight is 649 g/mol. The molecule has 3 N–H and O–H groups in total. The molecule has 4 rings (SSSR count). The highest BCUT2D eigenvalue weighted by Crippen LogP contribution is 2.59. The van der Waals surface area contributed by atoms with Crippen LogP contribution >= 0.6 is 0 Å². The third-order valence-corrected chi connectivity index (χ3v) is 9.62. The maximum atomic E-state index is 13.0. The predicted molar refractivity (Wildman–Crippen MR) is 173 cm³/mol. The summed E-state index contributed by atoms with van der Waals surface area (Å²) in [7, 11) is 0. The van der Waals surface area contributed by atoms with Crippen LogP contribution < -0.4 is 5.73 Å². The third-order valence-electron chi connectivity index (χ3n) is 9.62. The van der Waals surface area contributed by atoms with E-state index < -0.39 is 18.3 Å². The first-order valence-corrected chi connectivity index (χ1v) is 16.6. The summed E-state index contributed by atoms with van der Waals surface area (Å²) in [6, 6.07) is 4.61. The van der Waals surface area contributed by atoms with Crippen LogP contribution in [0.5, 0.6) is 0 Å². The van der Waals surface area contributed by atoms with E-state index in [0.29, 0.717) is 43.6 Å². The minimum atomic E-state index is -4.25. The quantitative estimate of drug-likeness (QED) is 0.238. The molecule has 46 heavy (non-hydrogen) atoms. The highest BCUT2D eigenvalue weighted by atomic mass is 19.4. The molecule has 0 aromatic heterocycles. The lowest BCUT2D eigenvalue weighted by atomic mass is 9.85. The summed E-state index contributed by atoms with van der Waals surface area (Å²) in [5.41, 5.74) is 8.92. The largest absolute Gasteiger partial charge is 0.416 e. The van der Waals surface area contributed by atoms with Gasteiger partial charge in [-0.2, -0.15) is 13.2 Å². The van der Waals surface area contributed by atoms with Crippen molar-refractivity contribution in [2.45, 2.75) is 91.7 Å². The minimum absolute atomic E-state index is 0.0138. The molecule has 1 aromatic rings. The van der Waals surface area contributed by atoms with Gasteiger partial charge in [-0.25, -0.2) is 0 Å². The molecular weight excluding hydrogens is 597 g/mol. The highest BCUT2D eigenvalue weighted by molar-refractivity contribution is 6.11. The molecule has 8 nitrogen and oxygen atoms in total. The molecule has 0 bridgehead atoms. The topological polar surface area (TPSA) is 116 Å². The van der Waals surface area contributed by atoms with Gasteiger partial charge < -0.3 is 20.6 Å². The number of carbonyl (C=O) groups excluding carboxylic acids is 3. The first kappa shape index (κ1) is 37.2. The minimum Gasteiger partial charge on any atom is -0.394 e. The van der Waals surface area contributed by atoms with Gasteiger partial charge >= 0.3 is 6.18 Å². The van der Waals surface area contributed by atoms with Crippen LogP contribution in [0.4, 0.5) is 13.2 Å². The van der Waals surface area contributed by atoms with Gasteiger partial charge in [-0.15, -0.1) is 0 Å². The molecule has 2 aliphatic carbocycles. The number of aliphatic hydroxyl groups excluding tert-OH is 1. The van der Waals surface area contributed by atoms with E-state index >= 15 is 0 Å². The zero-order valence-electron chi connectivity index (χ0n) is 28.0. The summed E-state index contributed by atoms with van der Waals surface area (Å²) in [4.78, 5) is 43.2. The fourth-order valence-electron chi connectivity index (χ4n) is 6.94. The van der Waals surface area contributed by atoms with Crippen molar-refractivity contribution in [2.24, 2.45) is 28.5 Å². The Morgan fingerprint density at radius 3 is 2.26 bits per heavy atom. The number of carbonyl (C=O) groups is 3. The van der Waals surface area contributed by atoms with E-state index in [0.717, 1.165) is 61.8 Å². The zero-order chi connectivity index (χ0) is 34.2. The van der Waals surface area contributed by atoms with E-state index in [1.165, 1.54) is 13.0 Å². The van der Waals surface area contributed by atoms with Gasteiger partial charge in [-0.05, 0) is 74.0 Å². The van der Waals surface area contributed by atoms with Gasteiger partial charge in [0.15, 0.2) is 5.78 Å². The number of rotatable bonds is 11. The van der Waals surface area contributed by atoms with Crippen LogP contribution in [-0.4, -0.2) is 77.5 Å². The van der Waals surface area contributed by atoms with Crippen LogP contribution in [0, 0.1) is 24.7 Å². The van der Waals surface area contributed by atoms with Gasteiger partial charge in [-0.3, -0.25) is 19.4 Å². The van der Waals surface area contributed by atoms with Crippen LogP contribution in [0.1, 0.15) is 95.2 Å². The summed E-state index contributed by atoms with van der Waals surface area (Å²) < 4.78 is 39.0. The average Bonchev–Trinajstić information content (AvgIpc) is 3.46. The molecule has 2 amide bonds. The van der Waals surface area contributed by atoms with Crippen LogP contribution in [0.15, 0.2) is 34.5 Å². The molecule has 4 atom stereocenters. The van der Waals surface area contributed by atoms with E-state index in [9.17, 15) is 27.6 Å². The number of nitrogens with zero attached hydrogens (tertiary/aromatic N) is 3. The lowest BCUT2D eigenvalue weighted by Gasteiger charge is -2.34. The number of alkyl halides is 3. The smallest absolute Gasteiger partial charge is 0.394 e. The number of unbranched alkanes of at least 4 members (excludes halogenated alkanes) is 2. The van der Waals surface area contributed by atoms with Gasteiger partial charge in [-0.1, -0.05) is 58.6 Å². The van der Waals surface area contributed by atoms with Crippen molar-refractivity contribution in [3.05, 3.63) is 46.2 Å². The Bertz CT molecular complexity index is 1300. The Morgan fingerprint density at radius 2 is 1.70 bits per heavy atom. The van der Waals surface area contributed by atoms with Crippen molar-refractivity contribution in [2.75, 3.05) is 39.3 Å². The molecular formula is C35H51F3N4O4. The Kier molecular flexibility index (Phi) is 13.4. The summed E-state index contributed by atoms with van der Waals surface area (Å²) in [5.74, 6) is 0.919. The fourth-order valence-corrected chi connectivity index (χ4v) is 6.94. The number of nitrogens with two attached hydrogens (primary N) is 1. The number of halogens is 3. The summed E-state index contributed by atoms with van der Waals surface area (Å²) in [6.45, 7) is 10.7. The maximum Gasteiger partial charge on any atom is 0.416 e. The molecule has 11 heteroatoms. The Morgan fingerprint density at radius 1 is 1.04 bits per heavy atom. The lowest BCUT2D eigenvalue weighted by Crippen LogP contribution is -2.52. The number of amides is 2. The molecule has 3 aliphatic rings. The van der Waals surface area contributed by atoms with Crippen molar-refractivity contribution in [3.8, 4) is 0 Å². The Hall–Kier alpha value is -3.21.